The molecule has 0 radical (unpaired) electrons. The van der Waals surface area contributed by atoms with Gasteiger partial charge in [0.1, 0.15) is 5.82 Å². The maximum absolute atomic E-state index is 14.1. The van der Waals surface area contributed by atoms with Crippen molar-refractivity contribution in [3.8, 4) is 11.3 Å². The minimum absolute atomic E-state index is 0.177. The van der Waals surface area contributed by atoms with Gasteiger partial charge in [-0.2, -0.15) is 11.8 Å². The average Bonchev–Trinajstić information content (AvgIpc) is 3.16. The third kappa shape index (κ3) is 6.01. The van der Waals surface area contributed by atoms with Gasteiger partial charge in [0.05, 0.1) is 5.69 Å². The number of aromatic nitrogens is 2. The van der Waals surface area contributed by atoms with E-state index < -0.39 is 11.6 Å². The largest absolute Gasteiger partial charge is 0.358 e. The highest BCUT2D eigenvalue weighted by atomic mass is 32.2. The lowest BCUT2D eigenvalue weighted by Crippen LogP contribution is -2.32. The molecule has 0 bridgehead atoms. The summed E-state index contributed by atoms with van der Waals surface area (Å²) in [5.74, 6) is 0.954. The van der Waals surface area contributed by atoms with Crippen LogP contribution in [-0.2, 0) is 17.6 Å². The lowest BCUT2D eigenvalue weighted by atomic mass is 9.84. The summed E-state index contributed by atoms with van der Waals surface area (Å²) in [6.07, 6.45) is 3.58. The fourth-order valence-electron chi connectivity index (χ4n) is 4.40. The number of hydrogen-bond acceptors (Lipinski definition) is 4. The van der Waals surface area contributed by atoms with Gasteiger partial charge in [-0.1, -0.05) is 44.2 Å². The van der Waals surface area contributed by atoms with Crippen LogP contribution in [0.4, 0.5) is 10.2 Å². The molecule has 184 valence electrons. The summed E-state index contributed by atoms with van der Waals surface area (Å²) in [5.41, 5.74) is 3.47. The highest BCUT2D eigenvalue weighted by Gasteiger charge is 2.32. The van der Waals surface area contributed by atoms with Crippen molar-refractivity contribution in [1.29, 1.82) is 0 Å². The van der Waals surface area contributed by atoms with Crippen LogP contribution in [-0.4, -0.2) is 38.3 Å². The van der Waals surface area contributed by atoms with Gasteiger partial charge in [-0.15, -0.1) is 0 Å². The molecule has 2 heterocycles. The Morgan fingerprint density at radius 3 is 2.66 bits per heavy atom. The number of nitrogens with one attached hydrogen (secondary N) is 2. The summed E-state index contributed by atoms with van der Waals surface area (Å²) < 4.78 is 14.1. The summed E-state index contributed by atoms with van der Waals surface area (Å²) in [6.45, 7) is 6.77. The van der Waals surface area contributed by atoms with Gasteiger partial charge in [-0.25, -0.2) is 9.37 Å². The Balaban J connectivity index is 1.73. The molecule has 0 saturated heterocycles. The Morgan fingerprint density at radius 1 is 1.23 bits per heavy atom. The van der Waals surface area contributed by atoms with Gasteiger partial charge < -0.3 is 10.3 Å². The Kier molecular flexibility index (Phi) is 7.45. The number of hydrogen-bond donors (Lipinski definition) is 2. The van der Waals surface area contributed by atoms with E-state index in [1.165, 1.54) is 13.8 Å². The molecule has 3 aromatic rings. The normalized spacial score (nSPS) is 15.8. The summed E-state index contributed by atoms with van der Waals surface area (Å²) in [4.78, 5) is 33.3. The van der Waals surface area contributed by atoms with E-state index in [1.54, 1.807) is 12.3 Å². The molecule has 1 amide bonds. The second kappa shape index (κ2) is 10.4. The number of H-pyrrole nitrogens is 1. The molecule has 1 unspecified atom stereocenters. The number of benzene rings is 1. The quantitative estimate of drug-likeness (QED) is 0.389. The molecule has 0 aliphatic heterocycles. The summed E-state index contributed by atoms with van der Waals surface area (Å²) in [5, 5.41) is 3.08. The number of alkyl halides is 1. The maximum Gasteiger partial charge on any atom is 0.262 e. The van der Waals surface area contributed by atoms with Crippen molar-refractivity contribution >= 4 is 29.3 Å². The zero-order chi connectivity index (χ0) is 25.2. The van der Waals surface area contributed by atoms with Gasteiger partial charge in [-0.3, -0.25) is 9.59 Å². The second-order valence-electron chi connectivity index (χ2n) is 9.93. The molecular weight excluding hydrogens is 461 g/mol. The summed E-state index contributed by atoms with van der Waals surface area (Å²) >= 11 is 1.89. The Morgan fingerprint density at radius 2 is 1.97 bits per heavy atom. The smallest absolute Gasteiger partial charge is 0.262 e. The van der Waals surface area contributed by atoms with Gasteiger partial charge in [0.25, 0.3) is 5.91 Å². The molecule has 0 saturated carbocycles. The molecule has 2 aromatic heterocycles. The first kappa shape index (κ1) is 25.2. The minimum Gasteiger partial charge on any atom is -0.358 e. The van der Waals surface area contributed by atoms with Crippen LogP contribution in [0.5, 0.6) is 0 Å². The maximum atomic E-state index is 14.1. The van der Waals surface area contributed by atoms with E-state index in [9.17, 15) is 14.0 Å². The molecule has 0 fully saturated rings. The molecule has 7 heteroatoms. The van der Waals surface area contributed by atoms with Crippen LogP contribution >= 0.6 is 11.8 Å². The molecule has 4 rings (SSSR count). The molecule has 5 nitrogen and oxygen atoms in total. The first-order chi connectivity index (χ1) is 16.6. The zero-order valence-corrected chi connectivity index (χ0v) is 21.5. The van der Waals surface area contributed by atoms with E-state index >= 15 is 0 Å². The van der Waals surface area contributed by atoms with Crippen LogP contribution in [0.3, 0.4) is 0 Å². The molecule has 1 atom stereocenters. The zero-order valence-electron chi connectivity index (χ0n) is 20.7. The Hall–Kier alpha value is -2.93. The fraction of sp³-hybridized carbons (Fsp3) is 0.393. The monoisotopic (exact) mass is 493 g/mol. The number of rotatable bonds is 8. The lowest BCUT2D eigenvalue weighted by Gasteiger charge is -2.22. The van der Waals surface area contributed by atoms with Crippen molar-refractivity contribution in [2.45, 2.75) is 57.9 Å². The van der Waals surface area contributed by atoms with Crippen LogP contribution in [0.2, 0.25) is 0 Å². The molecule has 0 spiro atoms. The highest BCUT2D eigenvalue weighted by molar-refractivity contribution is 7.99. The first-order valence-electron chi connectivity index (χ1n) is 12.0. The molecule has 1 aliphatic carbocycles. The van der Waals surface area contributed by atoms with Crippen molar-refractivity contribution in [3.05, 3.63) is 71.0 Å². The van der Waals surface area contributed by atoms with Gasteiger partial charge in [-0.05, 0) is 60.4 Å². The third-order valence-electron chi connectivity index (χ3n) is 6.15. The predicted molar refractivity (Wildman–Crippen MR) is 141 cm³/mol. The molecular formula is C28H32FN3O2S. The van der Waals surface area contributed by atoms with Crippen LogP contribution in [0.25, 0.3) is 11.3 Å². The number of pyridine rings is 1. The van der Waals surface area contributed by atoms with Crippen LogP contribution < -0.4 is 5.32 Å². The van der Waals surface area contributed by atoms with Gasteiger partial charge in [0.2, 0.25) is 0 Å². The second-order valence-corrected chi connectivity index (χ2v) is 11.5. The first-order valence-corrected chi connectivity index (χ1v) is 13.1. The van der Waals surface area contributed by atoms with Crippen LogP contribution in [0.1, 0.15) is 61.3 Å². The number of anilines is 1. The number of aromatic amines is 1. The predicted octanol–water partition coefficient (Wildman–Crippen LogP) is 6.24. The number of carbonyl (C=O) groups excluding carboxylic acids is 2. The highest BCUT2D eigenvalue weighted by Crippen LogP contribution is 2.37. The van der Waals surface area contributed by atoms with Gasteiger partial charge in [0, 0.05) is 35.9 Å². The molecule has 2 N–H and O–H groups in total. The number of nitrogens with zero attached hydrogens (tertiary/aromatic N) is 1. The van der Waals surface area contributed by atoms with Crippen molar-refractivity contribution in [2.75, 3.05) is 11.1 Å². The number of Topliss-reactive ketones (excluding diaryl/α,β-unsaturated/α-hetero) is 1. The van der Waals surface area contributed by atoms with E-state index in [4.69, 9.17) is 0 Å². The van der Waals surface area contributed by atoms with E-state index in [-0.39, 0.29) is 11.6 Å². The van der Waals surface area contributed by atoms with Crippen molar-refractivity contribution < 1.29 is 14.0 Å². The Bertz CT molecular complexity index is 1210. The average molecular weight is 494 g/mol. The van der Waals surface area contributed by atoms with Crippen molar-refractivity contribution in [3.63, 3.8) is 0 Å². The van der Waals surface area contributed by atoms with Gasteiger partial charge >= 0.3 is 0 Å². The van der Waals surface area contributed by atoms with Crippen molar-refractivity contribution in [1.82, 2.24) is 9.97 Å². The summed E-state index contributed by atoms with van der Waals surface area (Å²) in [7, 11) is 0. The fourth-order valence-corrected chi connectivity index (χ4v) is 5.29. The van der Waals surface area contributed by atoms with Gasteiger partial charge in [0.15, 0.2) is 11.5 Å². The third-order valence-corrected chi connectivity index (χ3v) is 7.48. The van der Waals surface area contributed by atoms with Crippen molar-refractivity contribution in [2.24, 2.45) is 5.92 Å². The standard InChI is InChI=1S/C28H32FN3O2S/c1-17(2)35-16-19-13-22-25(23(33)14-19)21(12-18-8-6-5-7-9-18)26(31-22)20-10-11-30-24(15-20)32-27(34)28(3,4)29/h5-11,15,17,19,31H,12-14,16H2,1-4H3,(H,30,32,34). The molecule has 1 aromatic carbocycles. The summed E-state index contributed by atoms with van der Waals surface area (Å²) in [6, 6.07) is 13.6. The van der Waals surface area contributed by atoms with Crippen LogP contribution in [0, 0.1) is 5.92 Å². The van der Waals surface area contributed by atoms with Crippen LogP contribution in [0.15, 0.2) is 48.7 Å². The molecule has 1 aliphatic rings. The number of amides is 1. The Labute approximate surface area is 210 Å². The van der Waals surface area contributed by atoms with E-state index in [2.05, 4.69) is 41.3 Å². The molecule has 35 heavy (non-hydrogen) atoms. The number of carbonyl (C=O) groups is 2. The van der Waals surface area contributed by atoms with E-state index in [0.717, 1.165) is 45.8 Å². The van der Waals surface area contributed by atoms with E-state index in [0.29, 0.717) is 24.0 Å². The number of fused-ring (bicyclic) bond motifs is 1. The van der Waals surface area contributed by atoms with E-state index in [1.807, 2.05) is 36.0 Å². The topological polar surface area (TPSA) is 74.8 Å². The number of thioether (sulfide) groups is 1. The number of ketones is 1. The SMILES string of the molecule is CC(C)SCC1CC(=O)c2c([nH]c(-c3ccnc(NC(=O)C(C)(C)F)c3)c2Cc2ccccc2)C1. The number of halogens is 1. The lowest BCUT2D eigenvalue weighted by molar-refractivity contribution is -0.125. The minimum atomic E-state index is -2.02.